The molecule has 0 nitrogen and oxygen atoms in total. The molecule has 1 aromatic carbocycles. The fraction of sp³-hybridized carbons (Fsp3) is 0.429. The van der Waals surface area contributed by atoms with Gasteiger partial charge in [0.1, 0.15) is 5.41 Å². The predicted molar refractivity (Wildman–Crippen MR) is 63.8 cm³/mol. The van der Waals surface area contributed by atoms with Gasteiger partial charge < -0.3 is 0 Å². The van der Waals surface area contributed by atoms with Crippen LogP contribution in [0.2, 0.25) is 0 Å². The van der Waals surface area contributed by atoms with Crippen molar-refractivity contribution in [1.82, 2.24) is 0 Å². The van der Waals surface area contributed by atoms with Crippen molar-refractivity contribution < 1.29 is 13.2 Å². The van der Waals surface area contributed by atoms with E-state index >= 15 is 0 Å². The van der Waals surface area contributed by atoms with Crippen LogP contribution in [-0.2, 0) is 5.41 Å². The summed E-state index contributed by atoms with van der Waals surface area (Å²) in [5, 5.41) is 0. The van der Waals surface area contributed by atoms with Crippen LogP contribution in [0.15, 0.2) is 43.0 Å². The average molecular weight is 242 g/mol. The maximum atomic E-state index is 13.5. The molecular weight excluding hydrogens is 225 g/mol. The van der Waals surface area contributed by atoms with Crippen molar-refractivity contribution in [3.63, 3.8) is 0 Å². The van der Waals surface area contributed by atoms with E-state index in [1.807, 2.05) is 0 Å². The summed E-state index contributed by atoms with van der Waals surface area (Å²) in [6.07, 6.45) is -3.35. The summed E-state index contributed by atoms with van der Waals surface area (Å²) in [5.74, 6) is 0. The topological polar surface area (TPSA) is 0 Å². The molecule has 0 aliphatic rings. The van der Waals surface area contributed by atoms with Crippen LogP contribution < -0.4 is 0 Å². The molecule has 1 unspecified atom stereocenters. The first-order valence-corrected chi connectivity index (χ1v) is 5.42. The van der Waals surface area contributed by atoms with E-state index in [0.29, 0.717) is 0 Å². The maximum absolute atomic E-state index is 13.5. The molecule has 0 N–H and O–H groups in total. The molecule has 0 saturated carbocycles. The quantitative estimate of drug-likeness (QED) is 0.658. The van der Waals surface area contributed by atoms with Gasteiger partial charge in [0, 0.05) is 0 Å². The molecule has 0 aliphatic carbocycles. The number of benzene rings is 1. The monoisotopic (exact) mass is 242 g/mol. The molecule has 0 spiro atoms. The highest BCUT2D eigenvalue weighted by Gasteiger charge is 2.60. The highest BCUT2D eigenvalue weighted by molar-refractivity contribution is 5.35. The lowest BCUT2D eigenvalue weighted by molar-refractivity contribution is -0.202. The number of hydrogen-bond donors (Lipinski definition) is 0. The van der Waals surface area contributed by atoms with E-state index in [2.05, 4.69) is 6.58 Å². The summed E-state index contributed by atoms with van der Waals surface area (Å²) >= 11 is 0. The first-order chi connectivity index (χ1) is 7.67. The van der Waals surface area contributed by atoms with E-state index in [1.165, 1.54) is 12.1 Å². The fourth-order valence-corrected chi connectivity index (χ4v) is 2.26. The van der Waals surface area contributed by atoms with Crippen LogP contribution in [0.1, 0.15) is 26.3 Å². The minimum absolute atomic E-state index is 0.231. The number of alkyl halides is 3. The zero-order valence-corrected chi connectivity index (χ0v) is 10.3. The van der Waals surface area contributed by atoms with Crippen molar-refractivity contribution in [2.75, 3.05) is 0 Å². The van der Waals surface area contributed by atoms with Gasteiger partial charge in [-0.25, -0.2) is 0 Å². The molecule has 0 radical (unpaired) electrons. The van der Waals surface area contributed by atoms with Gasteiger partial charge >= 0.3 is 6.18 Å². The number of rotatable bonds is 2. The SMILES string of the molecule is C=CC(c1ccccc1)(C(C)(C)C)C(F)(F)F. The van der Waals surface area contributed by atoms with Gasteiger partial charge in [0.25, 0.3) is 0 Å². The normalized spacial score (nSPS) is 16.4. The van der Waals surface area contributed by atoms with Crippen molar-refractivity contribution in [2.45, 2.75) is 32.4 Å². The smallest absolute Gasteiger partial charge is 0.170 e. The minimum atomic E-state index is -4.37. The lowest BCUT2D eigenvalue weighted by Gasteiger charge is -2.44. The molecule has 17 heavy (non-hydrogen) atoms. The second-order valence-corrected chi connectivity index (χ2v) is 5.13. The molecule has 1 rings (SSSR count). The van der Waals surface area contributed by atoms with Gasteiger partial charge in [-0.3, -0.25) is 0 Å². The third-order valence-electron chi connectivity index (χ3n) is 3.17. The van der Waals surface area contributed by atoms with E-state index < -0.39 is 17.0 Å². The Morgan fingerprint density at radius 2 is 1.47 bits per heavy atom. The van der Waals surface area contributed by atoms with Crippen molar-refractivity contribution in [3.05, 3.63) is 48.6 Å². The van der Waals surface area contributed by atoms with E-state index in [0.717, 1.165) is 6.08 Å². The average Bonchev–Trinajstić information content (AvgIpc) is 2.16. The minimum Gasteiger partial charge on any atom is -0.170 e. The molecule has 3 heteroatoms. The van der Waals surface area contributed by atoms with Crippen molar-refractivity contribution in [3.8, 4) is 0 Å². The standard InChI is InChI=1S/C14H17F3/c1-5-13(12(2,3)4,14(15,16)17)11-9-7-6-8-10-11/h5-10H,1H2,2-4H3. The molecule has 0 aromatic heterocycles. The Hall–Kier alpha value is -1.25. The van der Waals surface area contributed by atoms with Crippen LogP contribution in [0.4, 0.5) is 13.2 Å². The van der Waals surface area contributed by atoms with E-state index in [9.17, 15) is 13.2 Å². The highest BCUT2D eigenvalue weighted by Crippen LogP contribution is 2.53. The van der Waals surface area contributed by atoms with Crippen LogP contribution >= 0.6 is 0 Å². The van der Waals surface area contributed by atoms with Gasteiger partial charge in [0.05, 0.1) is 0 Å². The Bertz CT molecular complexity index is 368. The first kappa shape index (κ1) is 13.8. The largest absolute Gasteiger partial charge is 0.402 e. The maximum Gasteiger partial charge on any atom is 0.402 e. The van der Waals surface area contributed by atoms with Gasteiger partial charge in [-0.05, 0) is 11.0 Å². The molecule has 0 aliphatic heterocycles. The Balaban J connectivity index is 3.55. The van der Waals surface area contributed by atoms with E-state index in [4.69, 9.17) is 0 Å². The molecular formula is C14H17F3. The summed E-state index contributed by atoms with van der Waals surface area (Å²) in [4.78, 5) is 0. The second kappa shape index (κ2) is 4.21. The van der Waals surface area contributed by atoms with Crippen molar-refractivity contribution >= 4 is 0 Å². The lowest BCUT2D eigenvalue weighted by atomic mass is 9.62. The van der Waals surface area contributed by atoms with Gasteiger partial charge in [0.2, 0.25) is 0 Å². The zero-order chi connectivity index (χ0) is 13.3. The van der Waals surface area contributed by atoms with Crippen molar-refractivity contribution in [2.24, 2.45) is 5.41 Å². The predicted octanol–water partition coefficient (Wildman–Crippen LogP) is 4.72. The van der Waals surface area contributed by atoms with Crippen LogP contribution in [0.3, 0.4) is 0 Å². The van der Waals surface area contributed by atoms with Crippen LogP contribution in [-0.4, -0.2) is 6.18 Å². The van der Waals surface area contributed by atoms with Gasteiger partial charge in [-0.15, -0.1) is 6.58 Å². The van der Waals surface area contributed by atoms with E-state index in [1.54, 1.807) is 39.0 Å². The lowest BCUT2D eigenvalue weighted by Crippen LogP contribution is -2.50. The number of halogens is 3. The number of hydrogen-bond acceptors (Lipinski definition) is 0. The fourth-order valence-electron chi connectivity index (χ4n) is 2.26. The molecule has 1 aromatic rings. The Kier molecular flexibility index (Phi) is 3.42. The number of allylic oxidation sites excluding steroid dienone is 1. The zero-order valence-electron chi connectivity index (χ0n) is 10.3. The van der Waals surface area contributed by atoms with Gasteiger partial charge in [0.15, 0.2) is 0 Å². The summed E-state index contributed by atoms with van der Waals surface area (Å²) in [5.41, 5.74) is -2.79. The van der Waals surface area contributed by atoms with Crippen LogP contribution in [0, 0.1) is 5.41 Å². The van der Waals surface area contributed by atoms with Gasteiger partial charge in [-0.1, -0.05) is 57.2 Å². The molecule has 0 bridgehead atoms. The second-order valence-electron chi connectivity index (χ2n) is 5.13. The van der Waals surface area contributed by atoms with Crippen LogP contribution in [0.25, 0.3) is 0 Å². The molecule has 1 atom stereocenters. The van der Waals surface area contributed by atoms with E-state index in [-0.39, 0.29) is 5.56 Å². The molecule has 0 saturated heterocycles. The van der Waals surface area contributed by atoms with Crippen molar-refractivity contribution in [1.29, 1.82) is 0 Å². The van der Waals surface area contributed by atoms with Crippen LogP contribution in [0.5, 0.6) is 0 Å². The molecule has 0 fully saturated rings. The summed E-state index contributed by atoms with van der Waals surface area (Å²) in [6.45, 7) is 8.16. The Morgan fingerprint density at radius 1 is 1.00 bits per heavy atom. The first-order valence-electron chi connectivity index (χ1n) is 5.42. The highest BCUT2D eigenvalue weighted by atomic mass is 19.4. The summed E-state index contributed by atoms with van der Waals surface area (Å²) in [6, 6.07) is 7.94. The molecule has 0 heterocycles. The molecule has 0 amide bonds. The van der Waals surface area contributed by atoms with Gasteiger partial charge in [-0.2, -0.15) is 13.2 Å². The Labute approximate surface area is 100 Å². The third-order valence-corrected chi connectivity index (χ3v) is 3.17. The summed E-state index contributed by atoms with van der Waals surface area (Å²) < 4.78 is 40.5. The third kappa shape index (κ3) is 2.11. The molecule has 94 valence electrons. The summed E-state index contributed by atoms with van der Waals surface area (Å²) in [7, 11) is 0. The Morgan fingerprint density at radius 3 is 1.76 bits per heavy atom.